The summed E-state index contributed by atoms with van der Waals surface area (Å²) in [6.45, 7) is 1.91. The molecule has 0 fully saturated rings. The SMILES string of the molecule is CC(NC(=O)c1ccc(Br)cn1)c1cccc(N)c1. The minimum absolute atomic E-state index is 0.124. The number of aromatic nitrogens is 1. The molecule has 0 bridgehead atoms. The minimum atomic E-state index is -0.206. The lowest BCUT2D eigenvalue weighted by Crippen LogP contribution is -2.27. The second kappa shape index (κ2) is 5.84. The molecule has 19 heavy (non-hydrogen) atoms. The molecule has 1 unspecified atom stereocenters. The molecule has 0 aliphatic carbocycles. The van der Waals surface area contributed by atoms with E-state index in [0.29, 0.717) is 11.4 Å². The molecule has 0 spiro atoms. The van der Waals surface area contributed by atoms with Gasteiger partial charge in [-0.1, -0.05) is 12.1 Å². The van der Waals surface area contributed by atoms with Crippen molar-refractivity contribution in [2.75, 3.05) is 5.73 Å². The Morgan fingerprint density at radius 2 is 2.16 bits per heavy atom. The number of rotatable bonds is 3. The standard InChI is InChI=1S/C14H14BrN3O/c1-9(10-3-2-4-12(16)7-10)18-14(19)13-6-5-11(15)8-17-13/h2-9H,16H2,1H3,(H,18,19). The van der Waals surface area contributed by atoms with Crippen molar-refractivity contribution in [2.45, 2.75) is 13.0 Å². The van der Waals surface area contributed by atoms with E-state index in [2.05, 4.69) is 26.2 Å². The summed E-state index contributed by atoms with van der Waals surface area (Å²) in [7, 11) is 0. The van der Waals surface area contributed by atoms with E-state index >= 15 is 0 Å². The van der Waals surface area contributed by atoms with Gasteiger partial charge in [0.1, 0.15) is 5.69 Å². The van der Waals surface area contributed by atoms with E-state index < -0.39 is 0 Å². The van der Waals surface area contributed by atoms with Crippen LogP contribution < -0.4 is 11.1 Å². The van der Waals surface area contributed by atoms with Crippen LogP contribution in [0.15, 0.2) is 47.1 Å². The van der Waals surface area contributed by atoms with E-state index in [4.69, 9.17) is 5.73 Å². The van der Waals surface area contributed by atoms with Crippen LogP contribution in [0, 0.1) is 0 Å². The number of halogens is 1. The fourth-order valence-corrected chi connectivity index (χ4v) is 1.93. The molecule has 1 aromatic carbocycles. The van der Waals surface area contributed by atoms with Crippen molar-refractivity contribution < 1.29 is 4.79 Å². The van der Waals surface area contributed by atoms with Crippen LogP contribution in [0.25, 0.3) is 0 Å². The van der Waals surface area contributed by atoms with Gasteiger partial charge in [-0.3, -0.25) is 4.79 Å². The molecule has 4 nitrogen and oxygen atoms in total. The van der Waals surface area contributed by atoms with Gasteiger partial charge in [0.15, 0.2) is 0 Å². The average Bonchev–Trinajstić information content (AvgIpc) is 2.39. The number of carbonyl (C=O) groups is 1. The van der Waals surface area contributed by atoms with E-state index in [0.717, 1.165) is 10.0 Å². The lowest BCUT2D eigenvalue weighted by Gasteiger charge is -2.14. The lowest BCUT2D eigenvalue weighted by molar-refractivity contribution is 0.0935. The Kier molecular flexibility index (Phi) is 4.16. The monoisotopic (exact) mass is 319 g/mol. The van der Waals surface area contributed by atoms with E-state index in [1.54, 1.807) is 18.3 Å². The van der Waals surface area contributed by atoms with Crippen LogP contribution in [0.2, 0.25) is 0 Å². The van der Waals surface area contributed by atoms with Gasteiger partial charge in [-0.2, -0.15) is 0 Å². The van der Waals surface area contributed by atoms with Crippen molar-refractivity contribution >= 4 is 27.5 Å². The molecular formula is C14H14BrN3O. The number of nitrogens with one attached hydrogen (secondary N) is 1. The van der Waals surface area contributed by atoms with E-state index in [1.807, 2.05) is 31.2 Å². The third kappa shape index (κ3) is 3.54. The smallest absolute Gasteiger partial charge is 0.270 e. The first-order valence-electron chi connectivity index (χ1n) is 5.84. The van der Waals surface area contributed by atoms with Crippen molar-refractivity contribution in [1.29, 1.82) is 0 Å². The number of nitrogens with two attached hydrogens (primary N) is 1. The van der Waals surface area contributed by atoms with Crippen LogP contribution in [-0.4, -0.2) is 10.9 Å². The zero-order chi connectivity index (χ0) is 13.8. The molecule has 1 amide bonds. The molecule has 98 valence electrons. The Morgan fingerprint density at radius 3 is 2.79 bits per heavy atom. The Balaban J connectivity index is 2.08. The van der Waals surface area contributed by atoms with Crippen molar-refractivity contribution in [2.24, 2.45) is 0 Å². The van der Waals surface area contributed by atoms with Gasteiger partial charge in [-0.05, 0) is 52.7 Å². The lowest BCUT2D eigenvalue weighted by atomic mass is 10.1. The van der Waals surface area contributed by atoms with Gasteiger partial charge in [0, 0.05) is 16.4 Å². The first-order valence-corrected chi connectivity index (χ1v) is 6.63. The zero-order valence-corrected chi connectivity index (χ0v) is 12.0. The number of carbonyl (C=O) groups excluding carboxylic acids is 1. The van der Waals surface area contributed by atoms with Crippen molar-refractivity contribution in [1.82, 2.24) is 10.3 Å². The van der Waals surface area contributed by atoms with Crippen LogP contribution in [0.3, 0.4) is 0 Å². The van der Waals surface area contributed by atoms with Crippen molar-refractivity contribution in [3.63, 3.8) is 0 Å². The fourth-order valence-electron chi connectivity index (χ4n) is 1.69. The second-order valence-corrected chi connectivity index (χ2v) is 5.14. The topological polar surface area (TPSA) is 68.0 Å². The van der Waals surface area contributed by atoms with Gasteiger partial charge in [-0.15, -0.1) is 0 Å². The first-order chi connectivity index (χ1) is 9.06. The minimum Gasteiger partial charge on any atom is -0.399 e. The van der Waals surface area contributed by atoms with Crippen LogP contribution >= 0.6 is 15.9 Å². The highest BCUT2D eigenvalue weighted by molar-refractivity contribution is 9.10. The molecule has 5 heteroatoms. The van der Waals surface area contributed by atoms with Crippen LogP contribution in [0.5, 0.6) is 0 Å². The maximum absolute atomic E-state index is 12.0. The summed E-state index contributed by atoms with van der Waals surface area (Å²) in [5.74, 6) is -0.206. The molecule has 0 saturated carbocycles. The Hall–Kier alpha value is -1.88. The Labute approximate surface area is 120 Å². The van der Waals surface area contributed by atoms with Gasteiger partial charge in [0.2, 0.25) is 0 Å². The summed E-state index contributed by atoms with van der Waals surface area (Å²) in [5.41, 5.74) is 7.76. The average molecular weight is 320 g/mol. The summed E-state index contributed by atoms with van der Waals surface area (Å²) in [6, 6.07) is 10.8. The molecule has 2 aromatic rings. The molecule has 2 rings (SSSR count). The predicted octanol–water partition coefficient (Wildman–Crippen LogP) is 2.92. The molecule has 3 N–H and O–H groups in total. The summed E-state index contributed by atoms with van der Waals surface area (Å²) in [4.78, 5) is 16.1. The number of hydrogen-bond donors (Lipinski definition) is 2. The number of pyridine rings is 1. The highest BCUT2D eigenvalue weighted by atomic mass is 79.9. The molecule has 1 atom stereocenters. The van der Waals surface area contributed by atoms with E-state index in [1.165, 1.54) is 0 Å². The Bertz CT molecular complexity index is 583. The second-order valence-electron chi connectivity index (χ2n) is 4.23. The molecular weight excluding hydrogens is 306 g/mol. The summed E-state index contributed by atoms with van der Waals surface area (Å²) >= 11 is 3.28. The van der Waals surface area contributed by atoms with Gasteiger partial charge >= 0.3 is 0 Å². The molecule has 1 aromatic heterocycles. The molecule has 1 heterocycles. The zero-order valence-electron chi connectivity index (χ0n) is 10.4. The molecule has 0 aliphatic heterocycles. The fraction of sp³-hybridized carbons (Fsp3) is 0.143. The van der Waals surface area contributed by atoms with Gasteiger partial charge in [-0.25, -0.2) is 4.98 Å². The summed E-state index contributed by atoms with van der Waals surface area (Å²) in [5, 5.41) is 2.89. The molecule has 0 saturated heterocycles. The number of nitrogen functional groups attached to an aromatic ring is 1. The van der Waals surface area contributed by atoms with E-state index in [9.17, 15) is 4.79 Å². The maximum atomic E-state index is 12.0. The van der Waals surface area contributed by atoms with Crippen LogP contribution in [0.1, 0.15) is 29.0 Å². The van der Waals surface area contributed by atoms with Crippen LogP contribution in [0.4, 0.5) is 5.69 Å². The maximum Gasteiger partial charge on any atom is 0.270 e. The normalized spacial score (nSPS) is 11.9. The third-order valence-corrected chi connectivity index (χ3v) is 3.19. The number of anilines is 1. The first kappa shape index (κ1) is 13.5. The third-order valence-electron chi connectivity index (χ3n) is 2.72. The number of nitrogens with zero attached hydrogens (tertiary/aromatic N) is 1. The van der Waals surface area contributed by atoms with Gasteiger partial charge in [0.05, 0.1) is 6.04 Å². The molecule has 0 aliphatic rings. The number of hydrogen-bond acceptors (Lipinski definition) is 3. The number of amides is 1. The largest absolute Gasteiger partial charge is 0.399 e. The molecule has 0 radical (unpaired) electrons. The van der Waals surface area contributed by atoms with Gasteiger partial charge < -0.3 is 11.1 Å². The van der Waals surface area contributed by atoms with E-state index in [-0.39, 0.29) is 11.9 Å². The highest BCUT2D eigenvalue weighted by Crippen LogP contribution is 2.16. The Morgan fingerprint density at radius 1 is 1.37 bits per heavy atom. The van der Waals surface area contributed by atoms with Crippen molar-refractivity contribution in [3.8, 4) is 0 Å². The number of benzene rings is 1. The highest BCUT2D eigenvalue weighted by Gasteiger charge is 2.12. The summed E-state index contributed by atoms with van der Waals surface area (Å²) < 4.78 is 0.841. The quantitative estimate of drug-likeness (QED) is 0.855. The van der Waals surface area contributed by atoms with Crippen LogP contribution in [-0.2, 0) is 0 Å². The van der Waals surface area contributed by atoms with Crippen molar-refractivity contribution in [3.05, 3.63) is 58.3 Å². The predicted molar refractivity (Wildman–Crippen MR) is 78.7 cm³/mol. The summed E-state index contributed by atoms with van der Waals surface area (Å²) in [6.07, 6.45) is 1.60. The van der Waals surface area contributed by atoms with Gasteiger partial charge in [0.25, 0.3) is 5.91 Å².